The molecule has 1 fully saturated rings. The number of hydrogen-bond acceptors (Lipinski definition) is 4. The predicted molar refractivity (Wildman–Crippen MR) is 86.1 cm³/mol. The number of hydrogen-bond donors (Lipinski definition) is 3. The Hall–Kier alpha value is -1.14. The zero-order valence-electron chi connectivity index (χ0n) is 14.0. The zero-order valence-corrected chi connectivity index (χ0v) is 14.0. The Labute approximate surface area is 133 Å². The van der Waals surface area contributed by atoms with Gasteiger partial charge in [0.15, 0.2) is 0 Å². The minimum atomic E-state index is -0.547. The minimum Gasteiger partial charge on any atom is -0.390 e. The van der Waals surface area contributed by atoms with Crippen LogP contribution >= 0.6 is 0 Å². The number of aliphatic hydroxyl groups is 1. The summed E-state index contributed by atoms with van der Waals surface area (Å²) in [6, 6.07) is 0.215. The van der Waals surface area contributed by atoms with Gasteiger partial charge in [-0.05, 0) is 39.2 Å². The summed E-state index contributed by atoms with van der Waals surface area (Å²) in [6.07, 6.45) is 2.96. The fourth-order valence-corrected chi connectivity index (χ4v) is 2.88. The van der Waals surface area contributed by atoms with Crippen molar-refractivity contribution in [3.8, 4) is 0 Å². The third kappa shape index (κ3) is 5.93. The van der Waals surface area contributed by atoms with E-state index in [2.05, 4.69) is 24.1 Å². The van der Waals surface area contributed by atoms with Crippen LogP contribution in [0.4, 0.5) is 0 Å². The number of β-amino-alcohol motifs (C(OH)–C–C–N with tert-alkyl or cyclic N) is 1. The van der Waals surface area contributed by atoms with E-state index in [0.717, 1.165) is 25.8 Å². The van der Waals surface area contributed by atoms with E-state index >= 15 is 0 Å². The summed E-state index contributed by atoms with van der Waals surface area (Å²) in [6.45, 7) is 7.58. The second-order valence-corrected chi connectivity index (χ2v) is 6.50. The number of amides is 2. The quantitative estimate of drug-likeness (QED) is 0.642. The Morgan fingerprint density at radius 3 is 2.68 bits per heavy atom. The van der Waals surface area contributed by atoms with Gasteiger partial charge in [0.05, 0.1) is 12.1 Å². The Morgan fingerprint density at radius 1 is 1.41 bits per heavy atom. The van der Waals surface area contributed by atoms with Gasteiger partial charge in [-0.1, -0.05) is 13.8 Å². The molecule has 22 heavy (non-hydrogen) atoms. The van der Waals surface area contributed by atoms with Crippen molar-refractivity contribution in [2.24, 2.45) is 11.7 Å². The summed E-state index contributed by atoms with van der Waals surface area (Å²) < 4.78 is 0. The number of carbonyl (C=O) groups is 2. The highest BCUT2D eigenvalue weighted by Gasteiger charge is 2.29. The van der Waals surface area contributed by atoms with Crippen molar-refractivity contribution in [1.29, 1.82) is 0 Å². The number of carbonyl (C=O) groups excluding carboxylic acids is 2. The largest absolute Gasteiger partial charge is 0.390 e. The fourth-order valence-electron chi connectivity index (χ4n) is 2.88. The van der Waals surface area contributed by atoms with Gasteiger partial charge in [-0.15, -0.1) is 0 Å². The monoisotopic (exact) mass is 313 g/mol. The summed E-state index contributed by atoms with van der Waals surface area (Å²) in [5.74, 6) is -0.801. The molecular formula is C16H31N3O3. The third-order valence-electron chi connectivity index (χ3n) is 4.55. The smallest absolute Gasteiger partial charge is 0.220 e. The molecule has 6 heteroatoms. The molecule has 1 heterocycles. The lowest BCUT2D eigenvalue weighted by atomic mass is 10.0. The Balaban J connectivity index is 2.47. The van der Waals surface area contributed by atoms with Crippen LogP contribution in [-0.4, -0.2) is 53.1 Å². The van der Waals surface area contributed by atoms with Gasteiger partial charge in [0, 0.05) is 24.9 Å². The first-order valence-corrected chi connectivity index (χ1v) is 8.35. The number of nitrogens with zero attached hydrogens (tertiary/aromatic N) is 1. The van der Waals surface area contributed by atoms with Crippen LogP contribution in [0, 0.1) is 5.92 Å². The third-order valence-corrected chi connectivity index (χ3v) is 4.55. The van der Waals surface area contributed by atoms with Crippen LogP contribution in [0.25, 0.3) is 0 Å². The van der Waals surface area contributed by atoms with Crippen molar-refractivity contribution in [2.75, 3.05) is 13.1 Å². The molecule has 1 saturated heterocycles. The first-order valence-electron chi connectivity index (χ1n) is 8.35. The molecule has 4 N–H and O–H groups in total. The van der Waals surface area contributed by atoms with E-state index in [1.54, 1.807) is 6.92 Å². The number of nitrogens with two attached hydrogens (primary N) is 1. The molecule has 0 aromatic heterocycles. The van der Waals surface area contributed by atoms with E-state index in [4.69, 9.17) is 5.73 Å². The average Bonchev–Trinajstić information content (AvgIpc) is 2.58. The molecule has 0 aromatic carbocycles. The van der Waals surface area contributed by atoms with Gasteiger partial charge in [0.1, 0.15) is 0 Å². The standard InChI is InChI=1S/C16H31N3O3/c1-4-9-19-10-14(20)13(7-6-12(19)3)18-15(21)8-5-11(2)16(17)22/h11-14,20H,4-10H2,1-3H3,(H2,17,22)(H,18,21)/t11-,12+,13-,14-/m0/s1. The minimum absolute atomic E-state index is 0.117. The lowest BCUT2D eigenvalue weighted by molar-refractivity contribution is -0.124. The maximum atomic E-state index is 12.0. The predicted octanol–water partition coefficient (Wildman–Crippen LogP) is 0.628. The Kier molecular flexibility index (Phi) is 7.82. The second-order valence-electron chi connectivity index (χ2n) is 6.50. The molecule has 128 valence electrons. The van der Waals surface area contributed by atoms with Crippen LogP contribution in [0.2, 0.25) is 0 Å². The molecule has 0 spiro atoms. The molecule has 1 rings (SSSR count). The van der Waals surface area contributed by atoms with Gasteiger partial charge < -0.3 is 16.2 Å². The van der Waals surface area contributed by atoms with Crippen LogP contribution in [0.1, 0.15) is 52.9 Å². The normalized spacial score (nSPS) is 27.9. The highest BCUT2D eigenvalue weighted by atomic mass is 16.3. The van der Waals surface area contributed by atoms with E-state index in [1.807, 2.05) is 0 Å². The van der Waals surface area contributed by atoms with E-state index in [0.29, 0.717) is 19.0 Å². The van der Waals surface area contributed by atoms with E-state index in [9.17, 15) is 14.7 Å². The lowest BCUT2D eigenvalue weighted by Gasteiger charge is -2.28. The number of nitrogens with one attached hydrogen (secondary N) is 1. The number of likely N-dealkylation sites (tertiary alicyclic amines) is 1. The molecule has 2 amide bonds. The van der Waals surface area contributed by atoms with Crippen LogP contribution in [-0.2, 0) is 9.59 Å². The van der Waals surface area contributed by atoms with Crippen molar-refractivity contribution in [3.63, 3.8) is 0 Å². The molecule has 6 nitrogen and oxygen atoms in total. The highest BCUT2D eigenvalue weighted by Crippen LogP contribution is 2.18. The first-order chi connectivity index (χ1) is 10.3. The molecule has 0 bridgehead atoms. The molecule has 0 aliphatic carbocycles. The summed E-state index contributed by atoms with van der Waals surface area (Å²) in [5.41, 5.74) is 5.19. The van der Waals surface area contributed by atoms with Gasteiger partial charge in [-0.25, -0.2) is 0 Å². The fraction of sp³-hybridized carbons (Fsp3) is 0.875. The number of primary amides is 1. The number of rotatable bonds is 7. The second kappa shape index (κ2) is 9.10. The van der Waals surface area contributed by atoms with Crippen LogP contribution in [0.3, 0.4) is 0 Å². The Morgan fingerprint density at radius 2 is 2.09 bits per heavy atom. The van der Waals surface area contributed by atoms with Crippen LogP contribution < -0.4 is 11.1 Å². The van der Waals surface area contributed by atoms with Gasteiger partial charge in [0.2, 0.25) is 11.8 Å². The van der Waals surface area contributed by atoms with E-state index in [1.165, 1.54) is 0 Å². The SMILES string of the molecule is CCCN1C[C@H](O)[C@@H](NC(=O)CC[C@H](C)C(N)=O)CC[C@H]1C. The van der Waals surface area contributed by atoms with Crippen LogP contribution in [0.5, 0.6) is 0 Å². The van der Waals surface area contributed by atoms with Gasteiger partial charge in [-0.2, -0.15) is 0 Å². The maximum Gasteiger partial charge on any atom is 0.220 e. The molecule has 0 unspecified atom stereocenters. The molecule has 1 aliphatic heterocycles. The van der Waals surface area contributed by atoms with Crippen molar-refractivity contribution in [2.45, 2.75) is 71.1 Å². The number of aliphatic hydroxyl groups excluding tert-OH is 1. The van der Waals surface area contributed by atoms with E-state index in [-0.39, 0.29) is 30.2 Å². The van der Waals surface area contributed by atoms with Gasteiger partial charge in [-0.3, -0.25) is 14.5 Å². The van der Waals surface area contributed by atoms with Crippen molar-refractivity contribution in [3.05, 3.63) is 0 Å². The van der Waals surface area contributed by atoms with Crippen molar-refractivity contribution < 1.29 is 14.7 Å². The summed E-state index contributed by atoms with van der Waals surface area (Å²) in [4.78, 5) is 25.3. The van der Waals surface area contributed by atoms with E-state index < -0.39 is 6.10 Å². The van der Waals surface area contributed by atoms with Crippen molar-refractivity contribution in [1.82, 2.24) is 10.2 Å². The average molecular weight is 313 g/mol. The molecular weight excluding hydrogens is 282 g/mol. The molecule has 4 atom stereocenters. The highest BCUT2D eigenvalue weighted by molar-refractivity contribution is 5.79. The molecule has 1 aliphatic rings. The molecule has 0 saturated carbocycles. The molecule has 0 aromatic rings. The summed E-state index contributed by atoms with van der Waals surface area (Å²) >= 11 is 0. The first kappa shape index (κ1) is 18.9. The van der Waals surface area contributed by atoms with Crippen molar-refractivity contribution >= 4 is 11.8 Å². The lowest BCUT2D eigenvalue weighted by Crippen LogP contribution is -2.47. The molecule has 0 radical (unpaired) electrons. The van der Waals surface area contributed by atoms with Gasteiger partial charge in [0.25, 0.3) is 0 Å². The topological polar surface area (TPSA) is 95.7 Å². The maximum absolute atomic E-state index is 12.0. The summed E-state index contributed by atoms with van der Waals surface area (Å²) in [5, 5.41) is 13.3. The Bertz CT molecular complexity index is 376. The van der Waals surface area contributed by atoms with Crippen LogP contribution in [0.15, 0.2) is 0 Å². The zero-order chi connectivity index (χ0) is 16.7. The summed E-state index contributed by atoms with van der Waals surface area (Å²) in [7, 11) is 0. The van der Waals surface area contributed by atoms with Gasteiger partial charge >= 0.3 is 0 Å².